The van der Waals surface area contributed by atoms with E-state index in [1.807, 2.05) is 18.0 Å². The summed E-state index contributed by atoms with van der Waals surface area (Å²) in [5.74, 6) is 0.748. The summed E-state index contributed by atoms with van der Waals surface area (Å²) in [5, 5.41) is 3.64. The second-order valence-corrected chi connectivity index (χ2v) is 6.26. The molecule has 1 heterocycles. The molecule has 0 aliphatic heterocycles. The Morgan fingerprint density at radius 3 is 2.61 bits per heavy atom. The number of hydrogen-bond acceptors (Lipinski definition) is 4. The van der Waals surface area contributed by atoms with E-state index in [-0.39, 0.29) is 18.5 Å². The molecule has 6 heteroatoms. The number of carbonyl (C=O) groups excluding carboxylic acids is 1. The predicted molar refractivity (Wildman–Crippen MR) is 97.1 cm³/mol. The van der Waals surface area contributed by atoms with Crippen molar-refractivity contribution < 1.29 is 4.79 Å². The summed E-state index contributed by atoms with van der Waals surface area (Å²) >= 11 is 5.82. The smallest absolute Gasteiger partial charge is 0.239 e. The van der Waals surface area contributed by atoms with Gasteiger partial charge in [0.15, 0.2) is 0 Å². The average Bonchev–Trinajstić information content (AvgIpc) is 2.52. The maximum Gasteiger partial charge on any atom is 0.239 e. The first-order valence-corrected chi connectivity index (χ1v) is 8.68. The highest BCUT2D eigenvalue weighted by Gasteiger charge is 2.11. The summed E-state index contributed by atoms with van der Waals surface area (Å²) in [6.07, 6.45) is 3.67. The van der Waals surface area contributed by atoms with Crippen molar-refractivity contribution in [1.82, 2.24) is 15.2 Å². The summed E-state index contributed by atoms with van der Waals surface area (Å²) < 4.78 is 0. The lowest BCUT2D eigenvalue weighted by Gasteiger charge is -2.21. The van der Waals surface area contributed by atoms with Crippen molar-refractivity contribution >= 4 is 23.3 Å². The van der Waals surface area contributed by atoms with E-state index in [1.165, 1.54) is 0 Å². The quantitative estimate of drug-likeness (QED) is 0.711. The van der Waals surface area contributed by atoms with Gasteiger partial charge in [-0.1, -0.05) is 25.4 Å². The molecule has 0 aliphatic rings. The van der Waals surface area contributed by atoms with Crippen LogP contribution in [0.15, 0.2) is 18.3 Å². The number of anilines is 1. The van der Waals surface area contributed by atoms with Crippen LogP contribution >= 0.6 is 11.6 Å². The molecule has 0 saturated carbocycles. The van der Waals surface area contributed by atoms with Crippen LogP contribution in [0, 0.1) is 0 Å². The van der Waals surface area contributed by atoms with Gasteiger partial charge in [0.1, 0.15) is 5.82 Å². The highest BCUT2D eigenvalue weighted by Crippen LogP contribution is 2.12. The molecular formula is C17H29ClN4O. The first-order chi connectivity index (χ1) is 11.0. The number of halogens is 1. The Balaban J connectivity index is 2.30. The van der Waals surface area contributed by atoms with Gasteiger partial charge < -0.3 is 15.1 Å². The monoisotopic (exact) mass is 340 g/mol. The topological polar surface area (TPSA) is 48.5 Å². The summed E-state index contributed by atoms with van der Waals surface area (Å²) in [4.78, 5) is 20.5. The number of pyridine rings is 1. The number of nitrogens with zero attached hydrogens (tertiary/aromatic N) is 3. The Morgan fingerprint density at radius 2 is 2.04 bits per heavy atom. The van der Waals surface area contributed by atoms with Crippen LogP contribution in [0.2, 0.25) is 5.02 Å². The van der Waals surface area contributed by atoms with Gasteiger partial charge in [0, 0.05) is 19.3 Å². The highest BCUT2D eigenvalue weighted by atomic mass is 35.5. The van der Waals surface area contributed by atoms with Crippen LogP contribution in [0.1, 0.15) is 33.6 Å². The van der Waals surface area contributed by atoms with Crippen molar-refractivity contribution in [2.24, 2.45) is 0 Å². The van der Waals surface area contributed by atoms with E-state index in [9.17, 15) is 4.79 Å². The fraction of sp³-hybridized carbons (Fsp3) is 0.647. The number of aromatic nitrogens is 1. The van der Waals surface area contributed by atoms with Crippen molar-refractivity contribution in [1.29, 1.82) is 0 Å². The van der Waals surface area contributed by atoms with Crippen molar-refractivity contribution in [3.8, 4) is 0 Å². The number of nitrogens with one attached hydrogen (secondary N) is 1. The molecule has 23 heavy (non-hydrogen) atoms. The molecule has 1 amide bonds. The van der Waals surface area contributed by atoms with Crippen LogP contribution in [-0.2, 0) is 4.79 Å². The molecule has 1 N–H and O–H groups in total. The third-order valence-electron chi connectivity index (χ3n) is 3.90. The van der Waals surface area contributed by atoms with E-state index >= 15 is 0 Å². The number of rotatable bonds is 10. The maximum atomic E-state index is 12.1. The molecule has 0 aromatic carbocycles. The van der Waals surface area contributed by atoms with Crippen molar-refractivity contribution in [3.63, 3.8) is 0 Å². The molecule has 0 aliphatic carbocycles. The highest BCUT2D eigenvalue weighted by molar-refractivity contribution is 6.30. The second kappa shape index (κ2) is 10.4. The minimum Gasteiger partial charge on any atom is -0.352 e. The Bertz CT molecular complexity index is 462. The number of amides is 1. The lowest BCUT2D eigenvalue weighted by atomic mass is 10.1. The van der Waals surface area contributed by atoms with Crippen molar-refractivity contribution in [2.75, 3.05) is 38.1 Å². The second-order valence-electron chi connectivity index (χ2n) is 5.83. The molecule has 0 radical (unpaired) electrons. The summed E-state index contributed by atoms with van der Waals surface area (Å²) in [7, 11) is 1.85. The van der Waals surface area contributed by atoms with Crippen molar-refractivity contribution in [2.45, 2.75) is 39.7 Å². The standard InChI is InChI=1S/C17H29ClN4O/c1-5-22(6-2)11-7-8-14(3)20-17(23)13-21(4)16-10-9-15(18)12-19-16/h9-10,12,14H,5-8,11,13H2,1-4H3,(H,20,23)/t14-/m1/s1. The minimum absolute atomic E-state index is 0.0135. The van der Waals surface area contributed by atoms with Gasteiger partial charge in [-0.15, -0.1) is 0 Å². The SMILES string of the molecule is CCN(CC)CCC[C@@H](C)NC(=O)CN(C)c1ccc(Cl)cn1. The molecule has 0 saturated heterocycles. The van der Waals surface area contributed by atoms with Gasteiger partial charge in [0.25, 0.3) is 0 Å². The van der Waals surface area contributed by atoms with E-state index in [4.69, 9.17) is 11.6 Å². The molecule has 1 aromatic rings. The molecular weight excluding hydrogens is 312 g/mol. The van der Waals surface area contributed by atoms with Crippen LogP contribution in [0.25, 0.3) is 0 Å². The van der Waals surface area contributed by atoms with E-state index in [2.05, 4.69) is 36.0 Å². The Kier molecular flexibility index (Phi) is 8.95. The molecule has 130 valence electrons. The molecule has 5 nitrogen and oxygen atoms in total. The maximum absolute atomic E-state index is 12.1. The van der Waals surface area contributed by atoms with Crippen molar-refractivity contribution in [3.05, 3.63) is 23.4 Å². The predicted octanol–water partition coefficient (Wildman–Crippen LogP) is 2.80. The summed E-state index contributed by atoms with van der Waals surface area (Å²) in [6.45, 7) is 9.94. The van der Waals surface area contributed by atoms with Crippen LogP contribution in [0.4, 0.5) is 5.82 Å². The van der Waals surface area contributed by atoms with E-state index in [0.29, 0.717) is 5.02 Å². The molecule has 1 aromatic heterocycles. The summed E-state index contributed by atoms with van der Waals surface area (Å²) in [6, 6.07) is 3.77. The van der Waals surface area contributed by atoms with Gasteiger partial charge in [-0.05, 0) is 51.5 Å². The average molecular weight is 341 g/mol. The molecule has 1 atom stereocenters. The Labute approximate surface area is 145 Å². The molecule has 0 bridgehead atoms. The fourth-order valence-electron chi connectivity index (χ4n) is 2.44. The van der Waals surface area contributed by atoms with Crippen LogP contribution in [-0.4, -0.2) is 55.1 Å². The van der Waals surface area contributed by atoms with Crippen LogP contribution < -0.4 is 10.2 Å². The largest absolute Gasteiger partial charge is 0.352 e. The van der Waals surface area contributed by atoms with Crippen LogP contribution in [0.3, 0.4) is 0 Å². The minimum atomic E-state index is 0.0135. The Morgan fingerprint density at radius 1 is 1.35 bits per heavy atom. The Hall–Kier alpha value is -1.33. The molecule has 0 unspecified atom stereocenters. The zero-order chi connectivity index (χ0) is 17.2. The summed E-state index contributed by atoms with van der Waals surface area (Å²) in [5.41, 5.74) is 0. The van der Waals surface area contributed by atoms with E-state index < -0.39 is 0 Å². The van der Waals surface area contributed by atoms with Gasteiger partial charge >= 0.3 is 0 Å². The zero-order valence-corrected chi connectivity index (χ0v) is 15.4. The van der Waals surface area contributed by atoms with Gasteiger partial charge in [-0.25, -0.2) is 4.98 Å². The van der Waals surface area contributed by atoms with Gasteiger partial charge in [-0.2, -0.15) is 0 Å². The first kappa shape index (κ1) is 19.7. The lowest BCUT2D eigenvalue weighted by molar-refractivity contribution is -0.120. The number of carbonyl (C=O) groups is 1. The molecule has 1 rings (SSSR count). The van der Waals surface area contributed by atoms with Crippen LogP contribution in [0.5, 0.6) is 0 Å². The van der Waals surface area contributed by atoms with E-state index in [1.54, 1.807) is 12.3 Å². The number of hydrogen-bond donors (Lipinski definition) is 1. The third-order valence-corrected chi connectivity index (χ3v) is 4.12. The lowest BCUT2D eigenvalue weighted by Crippen LogP contribution is -2.40. The van der Waals surface area contributed by atoms with E-state index in [0.717, 1.165) is 38.3 Å². The zero-order valence-electron chi connectivity index (χ0n) is 14.7. The molecule has 0 fully saturated rings. The first-order valence-electron chi connectivity index (χ1n) is 8.30. The number of likely N-dealkylation sites (N-methyl/N-ethyl adjacent to an activating group) is 1. The normalized spacial score (nSPS) is 12.3. The fourth-order valence-corrected chi connectivity index (χ4v) is 2.56. The molecule has 0 spiro atoms. The third kappa shape index (κ3) is 7.66. The van der Waals surface area contributed by atoms with Gasteiger partial charge in [0.2, 0.25) is 5.91 Å². The van der Waals surface area contributed by atoms with Gasteiger partial charge in [-0.3, -0.25) is 4.79 Å². The van der Waals surface area contributed by atoms with Gasteiger partial charge in [0.05, 0.1) is 11.6 Å².